The van der Waals surface area contributed by atoms with Crippen LogP contribution >= 0.6 is 0 Å². The molecule has 0 saturated carbocycles. The molecule has 3 rings (SSSR count). The topological polar surface area (TPSA) is 52.6 Å². The van der Waals surface area contributed by atoms with Crippen molar-refractivity contribution in [2.24, 2.45) is 0 Å². The predicted octanol–water partition coefficient (Wildman–Crippen LogP) is 3.39. The van der Waals surface area contributed by atoms with Gasteiger partial charge in [0.1, 0.15) is 0 Å². The SMILES string of the molecule is C[C@](O)(CC(=O)N1CCC(Nc2ccccc2)CC1)c1ccccc1. The average molecular weight is 338 g/mol. The number of hydrogen-bond acceptors (Lipinski definition) is 3. The van der Waals surface area contributed by atoms with E-state index in [4.69, 9.17) is 0 Å². The average Bonchev–Trinajstić information content (AvgIpc) is 2.63. The minimum Gasteiger partial charge on any atom is -0.385 e. The lowest BCUT2D eigenvalue weighted by Gasteiger charge is -2.34. The molecule has 1 aliphatic heterocycles. The quantitative estimate of drug-likeness (QED) is 0.879. The molecule has 0 spiro atoms. The van der Waals surface area contributed by atoms with Gasteiger partial charge in [-0.1, -0.05) is 48.5 Å². The Morgan fingerprint density at radius 3 is 2.24 bits per heavy atom. The molecule has 1 fully saturated rings. The molecule has 1 atom stereocenters. The summed E-state index contributed by atoms with van der Waals surface area (Å²) in [7, 11) is 0. The number of piperidine rings is 1. The number of aliphatic hydroxyl groups is 1. The summed E-state index contributed by atoms with van der Waals surface area (Å²) in [5, 5.41) is 14.2. The molecule has 1 saturated heterocycles. The highest BCUT2D eigenvalue weighted by molar-refractivity contribution is 5.77. The van der Waals surface area contributed by atoms with Gasteiger partial charge >= 0.3 is 0 Å². The molecule has 0 bridgehead atoms. The van der Waals surface area contributed by atoms with Crippen LogP contribution in [0.4, 0.5) is 5.69 Å². The van der Waals surface area contributed by atoms with Gasteiger partial charge in [0.2, 0.25) is 5.91 Å². The van der Waals surface area contributed by atoms with E-state index < -0.39 is 5.60 Å². The molecule has 1 aliphatic rings. The number of nitrogens with zero attached hydrogens (tertiary/aromatic N) is 1. The van der Waals surface area contributed by atoms with Crippen LogP contribution in [0.1, 0.15) is 31.7 Å². The van der Waals surface area contributed by atoms with Gasteiger partial charge < -0.3 is 15.3 Å². The van der Waals surface area contributed by atoms with Crippen molar-refractivity contribution in [1.82, 2.24) is 4.90 Å². The maximum atomic E-state index is 12.6. The zero-order chi connectivity index (χ0) is 17.7. The number of carbonyl (C=O) groups is 1. The first kappa shape index (κ1) is 17.5. The van der Waals surface area contributed by atoms with E-state index in [1.165, 1.54) is 0 Å². The number of rotatable bonds is 5. The number of likely N-dealkylation sites (tertiary alicyclic amines) is 1. The van der Waals surface area contributed by atoms with Gasteiger partial charge in [0, 0.05) is 24.8 Å². The van der Waals surface area contributed by atoms with Crippen molar-refractivity contribution in [3.8, 4) is 0 Å². The van der Waals surface area contributed by atoms with Gasteiger partial charge in [0.25, 0.3) is 0 Å². The molecule has 0 unspecified atom stereocenters. The molecule has 0 aliphatic carbocycles. The molecule has 25 heavy (non-hydrogen) atoms. The number of carbonyl (C=O) groups excluding carboxylic acids is 1. The second kappa shape index (κ2) is 7.70. The first-order chi connectivity index (χ1) is 12.0. The van der Waals surface area contributed by atoms with Gasteiger partial charge in [-0.05, 0) is 37.5 Å². The summed E-state index contributed by atoms with van der Waals surface area (Å²) in [6.07, 6.45) is 1.97. The van der Waals surface area contributed by atoms with E-state index in [1.807, 2.05) is 53.4 Å². The summed E-state index contributed by atoms with van der Waals surface area (Å²) in [6, 6.07) is 20.0. The second-order valence-corrected chi connectivity index (χ2v) is 6.98. The van der Waals surface area contributed by atoms with Crippen molar-refractivity contribution in [3.63, 3.8) is 0 Å². The highest BCUT2D eigenvalue weighted by Gasteiger charge is 2.30. The molecular formula is C21H26N2O2. The maximum absolute atomic E-state index is 12.6. The number of para-hydroxylation sites is 1. The Morgan fingerprint density at radius 2 is 1.64 bits per heavy atom. The molecule has 2 aromatic carbocycles. The number of benzene rings is 2. The fourth-order valence-corrected chi connectivity index (χ4v) is 3.35. The number of amides is 1. The highest BCUT2D eigenvalue weighted by Crippen LogP contribution is 2.26. The molecule has 2 aromatic rings. The number of nitrogens with one attached hydrogen (secondary N) is 1. The standard InChI is InChI=1S/C21H26N2O2/c1-21(25,17-8-4-2-5-9-17)16-20(24)23-14-12-19(13-15-23)22-18-10-6-3-7-11-18/h2-11,19,22,25H,12-16H2,1H3/t21-/m0/s1. The van der Waals surface area contributed by atoms with Crippen molar-refractivity contribution < 1.29 is 9.90 Å². The molecule has 1 heterocycles. The van der Waals surface area contributed by atoms with Crippen molar-refractivity contribution in [1.29, 1.82) is 0 Å². The Hall–Kier alpha value is -2.33. The molecule has 4 heteroatoms. The molecule has 4 nitrogen and oxygen atoms in total. The Morgan fingerprint density at radius 1 is 1.08 bits per heavy atom. The first-order valence-electron chi connectivity index (χ1n) is 8.92. The molecule has 132 valence electrons. The largest absolute Gasteiger partial charge is 0.385 e. The Bertz CT molecular complexity index is 678. The Labute approximate surface area is 149 Å². The predicted molar refractivity (Wildman–Crippen MR) is 100 cm³/mol. The fourth-order valence-electron chi connectivity index (χ4n) is 3.35. The van der Waals surface area contributed by atoms with E-state index in [0.717, 1.165) is 37.2 Å². The molecular weight excluding hydrogens is 312 g/mol. The number of anilines is 1. The smallest absolute Gasteiger partial charge is 0.225 e. The molecule has 2 N–H and O–H groups in total. The lowest BCUT2D eigenvalue weighted by atomic mass is 9.91. The zero-order valence-electron chi connectivity index (χ0n) is 14.7. The maximum Gasteiger partial charge on any atom is 0.225 e. The van der Waals surface area contributed by atoms with Crippen LogP contribution in [-0.2, 0) is 10.4 Å². The van der Waals surface area contributed by atoms with E-state index in [1.54, 1.807) is 6.92 Å². The minimum atomic E-state index is -1.13. The lowest BCUT2D eigenvalue weighted by molar-refractivity contribution is -0.137. The number of hydrogen-bond donors (Lipinski definition) is 2. The summed E-state index contributed by atoms with van der Waals surface area (Å²) in [5.74, 6) is 0.0204. The van der Waals surface area contributed by atoms with E-state index >= 15 is 0 Å². The van der Waals surface area contributed by atoms with Gasteiger partial charge in [0.05, 0.1) is 12.0 Å². The van der Waals surface area contributed by atoms with Crippen molar-refractivity contribution >= 4 is 11.6 Å². The van der Waals surface area contributed by atoms with Crippen LogP contribution in [0.3, 0.4) is 0 Å². The van der Waals surface area contributed by atoms with Gasteiger partial charge in [-0.3, -0.25) is 4.79 Å². The van der Waals surface area contributed by atoms with Crippen molar-refractivity contribution in [3.05, 3.63) is 66.2 Å². The second-order valence-electron chi connectivity index (χ2n) is 6.98. The summed E-state index contributed by atoms with van der Waals surface area (Å²) in [5.41, 5.74) is 0.778. The Balaban J connectivity index is 1.51. The summed E-state index contributed by atoms with van der Waals surface area (Å²) in [4.78, 5) is 14.5. The fraction of sp³-hybridized carbons (Fsp3) is 0.381. The third kappa shape index (κ3) is 4.60. The van der Waals surface area contributed by atoms with Crippen LogP contribution < -0.4 is 5.32 Å². The molecule has 1 amide bonds. The van der Waals surface area contributed by atoms with Crippen LogP contribution in [0.25, 0.3) is 0 Å². The monoisotopic (exact) mass is 338 g/mol. The third-order valence-corrected chi connectivity index (χ3v) is 4.88. The Kier molecular flexibility index (Phi) is 5.39. The summed E-state index contributed by atoms with van der Waals surface area (Å²) >= 11 is 0. The minimum absolute atomic E-state index is 0.0204. The van der Waals surface area contributed by atoms with Crippen molar-refractivity contribution in [2.75, 3.05) is 18.4 Å². The van der Waals surface area contributed by atoms with Crippen LogP contribution in [0.5, 0.6) is 0 Å². The highest BCUT2D eigenvalue weighted by atomic mass is 16.3. The van der Waals surface area contributed by atoms with Gasteiger partial charge in [-0.25, -0.2) is 0 Å². The third-order valence-electron chi connectivity index (χ3n) is 4.88. The van der Waals surface area contributed by atoms with Gasteiger partial charge in [0.15, 0.2) is 0 Å². The van der Waals surface area contributed by atoms with Crippen LogP contribution in [-0.4, -0.2) is 35.0 Å². The lowest BCUT2D eigenvalue weighted by Crippen LogP contribution is -2.44. The van der Waals surface area contributed by atoms with Crippen LogP contribution in [0.2, 0.25) is 0 Å². The van der Waals surface area contributed by atoms with E-state index in [2.05, 4.69) is 17.4 Å². The van der Waals surface area contributed by atoms with Crippen molar-refractivity contribution in [2.45, 2.75) is 37.8 Å². The van der Waals surface area contributed by atoms with Gasteiger partial charge in [-0.2, -0.15) is 0 Å². The van der Waals surface area contributed by atoms with Crippen LogP contribution in [0, 0.1) is 0 Å². The summed E-state index contributed by atoms with van der Waals surface area (Å²) < 4.78 is 0. The normalized spacial score (nSPS) is 17.8. The van der Waals surface area contributed by atoms with Crippen LogP contribution in [0.15, 0.2) is 60.7 Å². The molecule has 0 aromatic heterocycles. The zero-order valence-corrected chi connectivity index (χ0v) is 14.7. The van der Waals surface area contributed by atoms with E-state index in [0.29, 0.717) is 6.04 Å². The first-order valence-corrected chi connectivity index (χ1v) is 8.92. The van der Waals surface area contributed by atoms with E-state index in [-0.39, 0.29) is 12.3 Å². The van der Waals surface area contributed by atoms with E-state index in [9.17, 15) is 9.90 Å². The molecule has 0 radical (unpaired) electrons. The van der Waals surface area contributed by atoms with Gasteiger partial charge in [-0.15, -0.1) is 0 Å². The summed E-state index contributed by atoms with van der Waals surface area (Å²) in [6.45, 7) is 3.17.